The Balaban J connectivity index is 1.82. The van der Waals surface area contributed by atoms with E-state index < -0.39 is 11.0 Å². The molecule has 0 bridgehead atoms. The third-order valence-corrected chi connectivity index (χ3v) is 4.92. The van der Waals surface area contributed by atoms with E-state index in [0.29, 0.717) is 38.9 Å². The minimum absolute atomic E-state index is 0.0394. The molecule has 7 heteroatoms. The van der Waals surface area contributed by atoms with E-state index >= 15 is 0 Å². The first-order valence-corrected chi connectivity index (χ1v) is 9.71. The van der Waals surface area contributed by atoms with E-state index in [-0.39, 0.29) is 30.5 Å². The number of allylic oxidation sites excluding steroid dienone is 1. The van der Waals surface area contributed by atoms with Gasteiger partial charge in [-0.2, -0.15) is 0 Å². The van der Waals surface area contributed by atoms with Crippen molar-refractivity contribution in [3.63, 3.8) is 0 Å². The molecular formula is C20H32N2O5. The van der Waals surface area contributed by atoms with Gasteiger partial charge in [-0.15, -0.1) is 6.58 Å². The van der Waals surface area contributed by atoms with Crippen LogP contribution in [-0.2, 0) is 19.1 Å². The molecule has 1 aliphatic carbocycles. The second kappa shape index (κ2) is 8.76. The highest BCUT2D eigenvalue weighted by Crippen LogP contribution is 2.37. The molecule has 2 rings (SSSR count). The largest absolute Gasteiger partial charge is 0.463 e. The van der Waals surface area contributed by atoms with Crippen LogP contribution in [0.1, 0.15) is 52.9 Å². The summed E-state index contributed by atoms with van der Waals surface area (Å²) < 4.78 is 10.8. The Morgan fingerprint density at radius 2 is 1.85 bits per heavy atom. The molecule has 0 aromatic carbocycles. The van der Waals surface area contributed by atoms with Crippen LogP contribution in [0.5, 0.6) is 0 Å². The normalized spacial score (nSPS) is 19.1. The summed E-state index contributed by atoms with van der Waals surface area (Å²) in [6.07, 6.45) is 4.77. The lowest BCUT2D eigenvalue weighted by atomic mass is 9.75. The maximum atomic E-state index is 12.7. The molecule has 7 nitrogen and oxygen atoms in total. The second-order valence-electron chi connectivity index (χ2n) is 8.44. The molecule has 2 amide bonds. The molecule has 2 aliphatic rings. The summed E-state index contributed by atoms with van der Waals surface area (Å²) in [5.41, 5.74) is -1.21. The number of piperidine rings is 1. The van der Waals surface area contributed by atoms with Crippen molar-refractivity contribution in [2.24, 2.45) is 11.3 Å². The lowest BCUT2D eigenvalue weighted by Gasteiger charge is -2.39. The number of nitrogens with one attached hydrogen (secondary N) is 1. The lowest BCUT2D eigenvalue weighted by molar-refractivity contribution is -0.159. The van der Waals surface area contributed by atoms with Crippen LogP contribution < -0.4 is 5.32 Å². The van der Waals surface area contributed by atoms with Crippen molar-refractivity contribution >= 4 is 18.0 Å². The molecule has 1 saturated heterocycles. The van der Waals surface area contributed by atoms with E-state index in [9.17, 15) is 14.4 Å². The van der Waals surface area contributed by atoms with Crippen molar-refractivity contribution in [3.05, 3.63) is 12.7 Å². The van der Waals surface area contributed by atoms with Crippen LogP contribution in [0.25, 0.3) is 0 Å². The first kappa shape index (κ1) is 21.3. The predicted octanol–water partition coefficient (Wildman–Crippen LogP) is 2.65. The van der Waals surface area contributed by atoms with Gasteiger partial charge in [-0.05, 0) is 52.9 Å². The fraction of sp³-hybridized carbons (Fsp3) is 0.750. The van der Waals surface area contributed by atoms with Crippen molar-refractivity contribution in [1.82, 2.24) is 10.2 Å². The van der Waals surface area contributed by atoms with Crippen molar-refractivity contribution in [3.8, 4) is 0 Å². The number of ether oxygens (including phenoxy) is 2. The number of likely N-dealkylation sites (tertiary alicyclic amines) is 1. The quantitative estimate of drug-likeness (QED) is 0.417. The zero-order valence-electron chi connectivity index (χ0n) is 16.7. The summed E-state index contributed by atoms with van der Waals surface area (Å²) >= 11 is 0. The van der Waals surface area contributed by atoms with Crippen molar-refractivity contribution in [2.75, 3.05) is 26.2 Å². The molecule has 1 aliphatic heterocycles. The number of hydrogen-bond acceptors (Lipinski definition) is 5. The molecule has 0 unspecified atom stereocenters. The fourth-order valence-electron chi connectivity index (χ4n) is 3.17. The summed E-state index contributed by atoms with van der Waals surface area (Å²) in [6, 6.07) is 0. The highest BCUT2D eigenvalue weighted by Gasteiger charge is 2.43. The number of rotatable bonds is 7. The zero-order valence-corrected chi connectivity index (χ0v) is 16.7. The average Bonchev–Trinajstić information content (AvgIpc) is 3.42. The van der Waals surface area contributed by atoms with Crippen LogP contribution in [0.15, 0.2) is 12.7 Å². The zero-order chi connectivity index (χ0) is 20.1. The van der Waals surface area contributed by atoms with Gasteiger partial charge in [0.15, 0.2) is 0 Å². The van der Waals surface area contributed by atoms with E-state index in [1.165, 1.54) is 0 Å². The third kappa shape index (κ3) is 6.26. The Morgan fingerprint density at radius 3 is 2.37 bits per heavy atom. The number of esters is 1. The summed E-state index contributed by atoms with van der Waals surface area (Å²) in [7, 11) is 0. The smallest absolute Gasteiger partial charge is 0.410 e. The monoisotopic (exact) mass is 380 g/mol. The van der Waals surface area contributed by atoms with Crippen LogP contribution >= 0.6 is 0 Å². The molecule has 0 aromatic heterocycles. The number of amides is 2. The molecule has 0 atom stereocenters. The first-order chi connectivity index (χ1) is 12.7. The fourth-order valence-corrected chi connectivity index (χ4v) is 3.17. The standard InChI is InChI=1S/C20H32N2O5/c1-5-8-20(17(24)26-14-11-21-16(23)15-6-7-15)9-12-22(13-10-20)18(25)27-19(2,3)4/h5,15H,1,6-14H2,2-4H3,(H,21,23). The third-order valence-electron chi connectivity index (χ3n) is 4.92. The average molecular weight is 380 g/mol. The molecule has 1 saturated carbocycles. The maximum absolute atomic E-state index is 12.7. The Labute approximate surface area is 161 Å². The van der Waals surface area contributed by atoms with E-state index in [4.69, 9.17) is 9.47 Å². The molecule has 2 fully saturated rings. The summed E-state index contributed by atoms with van der Waals surface area (Å²) in [5, 5.41) is 2.79. The Morgan fingerprint density at radius 1 is 1.22 bits per heavy atom. The molecule has 0 spiro atoms. The molecule has 27 heavy (non-hydrogen) atoms. The maximum Gasteiger partial charge on any atom is 0.410 e. The van der Waals surface area contributed by atoms with Gasteiger partial charge >= 0.3 is 12.1 Å². The molecule has 152 valence electrons. The van der Waals surface area contributed by atoms with E-state index in [1.54, 1.807) is 11.0 Å². The van der Waals surface area contributed by atoms with Crippen LogP contribution in [0.2, 0.25) is 0 Å². The Hall–Kier alpha value is -2.05. The molecule has 1 heterocycles. The topological polar surface area (TPSA) is 84.9 Å². The summed E-state index contributed by atoms with van der Waals surface area (Å²) in [6.45, 7) is 10.6. The van der Waals surface area contributed by atoms with E-state index in [2.05, 4.69) is 11.9 Å². The number of nitrogens with zero attached hydrogens (tertiary/aromatic N) is 1. The lowest BCUT2D eigenvalue weighted by Crippen LogP contribution is -2.48. The van der Waals surface area contributed by atoms with Gasteiger partial charge in [0.25, 0.3) is 0 Å². The minimum Gasteiger partial charge on any atom is -0.463 e. The van der Waals surface area contributed by atoms with Gasteiger partial charge in [-0.3, -0.25) is 9.59 Å². The van der Waals surface area contributed by atoms with Crippen molar-refractivity contribution in [2.45, 2.75) is 58.5 Å². The van der Waals surface area contributed by atoms with Gasteiger partial charge < -0.3 is 19.7 Å². The van der Waals surface area contributed by atoms with Gasteiger partial charge in [0.1, 0.15) is 12.2 Å². The van der Waals surface area contributed by atoms with Crippen LogP contribution in [0.4, 0.5) is 4.79 Å². The van der Waals surface area contributed by atoms with Gasteiger partial charge in [-0.25, -0.2) is 4.79 Å². The number of carbonyl (C=O) groups excluding carboxylic acids is 3. The van der Waals surface area contributed by atoms with E-state index in [1.807, 2.05) is 20.8 Å². The Bertz CT molecular complexity index is 569. The molecular weight excluding hydrogens is 348 g/mol. The van der Waals surface area contributed by atoms with Gasteiger partial charge in [0, 0.05) is 19.0 Å². The van der Waals surface area contributed by atoms with Crippen molar-refractivity contribution < 1.29 is 23.9 Å². The van der Waals surface area contributed by atoms with Crippen LogP contribution in [0, 0.1) is 11.3 Å². The van der Waals surface area contributed by atoms with Gasteiger partial charge in [-0.1, -0.05) is 6.08 Å². The Kier molecular flexibility index (Phi) is 6.89. The van der Waals surface area contributed by atoms with Gasteiger partial charge in [0.05, 0.1) is 12.0 Å². The van der Waals surface area contributed by atoms with Crippen molar-refractivity contribution in [1.29, 1.82) is 0 Å². The van der Waals surface area contributed by atoms with Crippen LogP contribution in [-0.4, -0.2) is 54.7 Å². The molecule has 0 radical (unpaired) electrons. The predicted molar refractivity (Wildman–Crippen MR) is 101 cm³/mol. The molecule has 1 N–H and O–H groups in total. The highest BCUT2D eigenvalue weighted by atomic mass is 16.6. The first-order valence-electron chi connectivity index (χ1n) is 9.71. The highest BCUT2D eigenvalue weighted by molar-refractivity contribution is 5.81. The van der Waals surface area contributed by atoms with E-state index in [0.717, 1.165) is 12.8 Å². The molecule has 0 aromatic rings. The SMILES string of the molecule is C=CCC1(C(=O)OCCNC(=O)C2CC2)CCN(C(=O)OC(C)(C)C)CC1. The number of carbonyl (C=O) groups is 3. The van der Waals surface area contributed by atoms with Crippen LogP contribution in [0.3, 0.4) is 0 Å². The summed E-state index contributed by atoms with van der Waals surface area (Å²) in [5.74, 6) is -0.102. The summed E-state index contributed by atoms with van der Waals surface area (Å²) in [4.78, 5) is 38.1. The minimum atomic E-state index is -0.666. The number of hydrogen-bond donors (Lipinski definition) is 1. The van der Waals surface area contributed by atoms with Gasteiger partial charge in [0.2, 0.25) is 5.91 Å². The second-order valence-corrected chi connectivity index (χ2v) is 8.44.